The molecule has 22 unspecified atom stereocenters. The summed E-state index contributed by atoms with van der Waals surface area (Å²) in [7, 11) is 0. The standard InChI is InChI=1S/C42H71NO29/c1-11(2)4-19(48)63-10-18-37(72-39-30(58)23(51)20(12(3)64-39)43-14-5-13(6-44)21(49)24(52)22(14)50)28(56)33(61)42(68-18)71-36-17(9-47)67-41(32(60)27(36)55)70-35-16(8-46)66-40(31(59)26(35)54)69-34-15(7-45)65-38(62)29(57)25(34)53/h5,11-12,14-18,20-47,49-62H,4,6-10H2,1-3H3/t12?,14?,15?,16?,17?,18?,20-,21+,22?,23?,24?,25?,26?,27?,28?,29?,30?,31?,32?,33?,34-,35-,36-,37-,38?,39?,40?,41?,42-/m0/s1. The minimum atomic E-state index is -2.17. The number of carbonyl (C=O) groups excluding carboxylic acids is 1. The number of rotatable bonds is 18. The fraction of sp³-hybridized carbons (Fsp3) is 0.929. The Hall–Kier alpha value is -1.91. The number of hydrogen-bond acceptors (Lipinski definition) is 30. The lowest BCUT2D eigenvalue weighted by atomic mass is 9.86. The average molecular weight is 1050 g/mol. The average Bonchev–Trinajstić information content (AvgIpc) is 3.34. The Bertz CT molecular complexity index is 1730. The maximum atomic E-state index is 12.7. The van der Waals surface area contributed by atoms with Crippen LogP contribution in [0.2, 0.25) is 0 Å². The number of esters is 1. The van der Waals surface area contributed by atoms with Crippen molar-refractivity contribution < 1.29 is 144 Å². The molecule has 30 heteroatoms. The van der Waals surface area contributed by atoms with E-state index in [0.717, 1.165) is 0 Å². The lowest BCUT2D eigenvalue weighted by molar-refractivity contribution is -0.391. The van der Waals surface area contributed by atoms with Gasteiger partial charge in [0.15, 0.2) is 31.5 Å². The third kappa shape index (κ3) is 12.7. The molecule has 5 saturated heterocycles. The van der Waals surface area contributed by atoms with Crippen molar-refractivity contribution in [2.45, 2.75) is 205 Å². The van der Waals surface area contributed by atoms with Gasteiger partial charge in [-0.05, 0) is 18.4 Å². The molecule has 0 saturated carbocycles. The monoisotopic (exact) mass is 1050 g/mol. The van der Waals surface area contributed by atoms with E-state index in [1.54, 1.807) is 13.8 Å². The van der Waals surface area contributed by atoms with Gasteiger partial charge in [0, 0.05) is 6.42 Å². The normalized spacial score (nSPS) is 49.4. The molecular formula is C42H71NO29. The van der Waals surface area contributed by atoms with E-state index in [1.807, 2.05) is 0 Å². The smallest absolute Gasteiger partial charge is 0.306 e. The van der Waals surface area contributed by atoms with Gasteiger partial charge < -0.3 is 145 Å². The summed E-state index contributed by atoms with van der Waals surface area (Å²) in [6, 6.07) is -2.36. The number of aliphatic hydroxyl groups excluding tert-OH is 18. The predicted octanol–water partition coefficient (Wildman–Crippen LogP) is -11.3. The van der Waals surface area contributed by atoms with Gasteiger partial charge in [-0.3, -0.25) is 4.79 Å². The predicted molar refractivity (Wildman–Crippen MR) is 226 cm³/mol. The van der Waals surface area contributed by atoms with Gasteiger partial charge in [-0.25, -0.2) is 0 Å². The Morgan fingerprint density at radius 2 is 0.931 bits per heavy atom. The second kappa shape index (κ2) is 25.5. The first-order valence-corrected chi connectivity index (χ1v) is 23.5. The molecule has 1 aliphatic carbocycles. The van der Waals surface area contributed by atoms with Crippen LogP contribution >= 0.6 is 0 Å². The molecule has 30 nitrogen and oxygen atoms in total. The van der Waals surface area contributed by atoms with Crippen molar-refractivity contribution in [2.75, 3.05) is 33.0 Å². The zero-order valence-electron chi connectivity index (χ0n) is 39.2. The van der Waals surface area contributed by atoms with E-state index in [0.29, 0.717) is 0 Å². The van der Waals surface area contributed by atoms with Gasteiger partial charge in [0.05, 0.1) is 44.6 Å². The molecule has 0 bridgehead atoms. The fourth-order valence-electron chi connectivity index (χ4n) is 9.34. The first kappa shape index (κ1) is 59.3. The van der Waals surface area contributed by atoms with Gasteiger partial charge in [0.25, 0.3) is 0 Å². The maximum absolute atomic E-state index is 12.7. The second-order valence-electron chi connectivity index (χ2n) is 19.1. The summed E-state index contributed by atoms with van der Waals surface area (Å²) in [5, 5.41) is 195. The minimum Gasteiger partial charge on any atom is -0.463 e. The van der Waals surface area contributed by atoms with Crippen LogP contribution in [0.1, 0.15) is 27.2 Å². The van der Waals surface area contributed by atoms with E-state index in [-0.39, 0.29) is 17.9 Å². The van der Waals surface area contributed by atoms with Crippen molar-refractivity contribution in [1.29, 1.82) is 0 Å². The van der Waals surface area contributed by atoms with Crippen LogP contribution in [0.5, 0.6) is 0 Å². The molecule has 5 heterocycles. The highest BCUT2D eigenvalue weighted by Gasteiger charge is 2.57. The molecule has 72 heavy (non-hydrogen) atoms. The first-order chi connectivity index (χ1) is 34.0. The van der Waals surface area contributed by atoms with Crippen LogP contribution in [-0.2, 0) is 52.2 Å². The van der Waals surface area contributed by atoms with Crippen molar-refractivity contribution in [3.63, 3.8) is 0 Å². The van der Waals surface area contributed by atoms with Gasteiger partial charge in [-0.15, -0.1) is 0 Å². The van der Waals surface area contributed by atoms with Gasteiger partial charge in [0.1, 0.15) is 135 Å². The highest BCUT2D eigenvalue weighted by Crippen LogP contribution is 2.36. The quantitative estimate of drug-likeness (QED) is 0.0448. The van der Waals surface area contributed by atoms with Crippen LogP contribution in [0, 0.1) is 5.92 Å². The van der Waals surface area contributed by atoms with Crippen LogP contribution in [0.15, 0.2) is 11.6 Å². The van der Waals surface area contributed by atoms with E-state index in [4.69, 9.17) is 47.4 Å². The molecular weight excluding hydrogens is 982 g/mol. The number of ether oxygens (including phenoxy) is 10. The molecule has 6 rings (SSSR count). The summed E-state index contributed by atoms with van der Waals surface area (Å²) in [5.41, 5.74) is -0.0301. The molecule has 29 atom stereocenters. The molecule has 5 aliphatic heterocycles. The molecule has 0 aromatic carbocycles. The molecule has 5 fully saturated rings. The Morgan fingerprint density at radius 3 is 1.38 bits per heavy atom. The Kier molecular flexibility index (Phi) is 21.0. The molecule has 0 aromatic rings. The molecule has 0 amide bonds. The molecule has 0 spiro atoms. The van der Waals surface area contributed by atoms with E-state index in [9.17, 15) is 96.7 Å². The topological polar surface area (TPSA) is 486 Å². The molecule has 418 valence electrons. The summed E-state index contributed by atoms with van der Waals surface area (Å²) in [6.45, 7) is 0.669. The van der Waals surface area contributed by atoms with Gasteiger partial charge in [-0.2, -0.15) is 0 Å². The summed E-state index contributed by atoms with van der Waals surface area (Å²) in [4.78, 5) is 12.7. The third-order valence-corrected chi connectivity index (χ3v) is 13.5. The summed E-state index contributed by atoms with van der Waals surface area (Å²) in [5.74, 6) is -0.902. The van der Waals surface area contributed by atoms with Crippen molar-refractivity contribution in [1.82, 2.24) is 5.32 Å². The summed E-state index contributed by atoms with van der Waals surface area (Å²) < 4.78 is 56.5. The number of aliphatic hydroxyl groups is 18. The number of hydrogen-bond donors (Lipinski definition) is 19. The van der Waals surface area contributed by atoms with Crippen molar-refractivity contribution in [2.24, 2.45) is 5.92 Å². The zero-order valence-corrected chi connectivity index (χ0v) is 39.2. The lowest BCUT2D eigenvalue weighted by Crippen LogP contribution is -2.69. The SMILES string of the molecule is CC(C)CC(=O)OCC1O[C@@H](O[C@H]2C(CO)OC(O[C@H]3C(CO)OC(O[C@H]4C(CO)OC(O)C(O)C4O)C(O)C3O)C(O)C2O)C(O)C(O)[C@H]1OC1OC(C)[C@H](NC2C=C(CO)[C@@H](O)C(O)C2O)C(O)C1O. The molecule has 0 aromatic heterocycles. The maximum Gasteiger partial charge on any atom is 0.306 e. The number of carbonyl (C=O) groups is 1. The fourth-order valence-corrected chi connectivity index (χ4v) is 9.34. The highest BCUT2D eigenvalue weighted by atomic mass is 16.8. The van der Waals surface area contributed by atoms with Crippen LogP contribution in [0.3, 0.4) is 0 Å². The lowest BCUT2D eigenvalue weighted by Gasteiger charge is -2.49. The molecule has 0 radical (unpaired) electrons. The van der Waals surface area contributed by atoms with Crippen LogP contribution < -0.4 is 5.32 Å². The second-order valence-corrected chi connectivity index (χ2v) is 19.1. The van der Waals surface area contributed by atoms with Crippen molar-refractivity contribution in [3.8, 4) is 0 Å². The molecule has 6 aliphatic rings. The summed E-state index contributed by atoms with van der Waals surface area (Å²) in [6.07, 6.45) is -48.2. The minimum absolute atomic E-state index is 0.0301. The number of nitrogens with one attached hydrogen (secondary N) is 1. The zero-order chi connectivity index (χ0) is 53.2. The van der Waals surface area contributed by atoms with E-state index < -0.39 is 217 Å². The van der Waals surface area contributed by atoms with E-state index in [1.165, 1.54) is 13.0 Å². The van der Waals surface area contributed by atoms with Crippen LogP contribution in [0.25, 0.3) is 0 Å². The highest BCUT2D eigenvalue weighted by molar-refractivity contribution is 5.69. The molecule has 19 N–H and O–H groups in total. The van der Waals surface area contributed by atoms with E-state index in [2.05, 4.69) is 5.32 Å². The van der Waals surface area contributed by atoms with Gasteiger partial charge >= 0.3 is 5.97 Å². The van der Waals surface area contributed by atoms with Crippen molar-refractivity contribution in [3.05, 3.63) is 11.6 Å². The Labute approximate surface area is 410 Å². The Balaban J connectivity index is 1.13. The summed E-state index contributed by atoms with van der Waals surface area (Å²) >= 11 is 0. The van der Waals surface area contributed by atoms with Gasteiger partial charge in [-0.1, -0.05) is 19.9 Å². The van der Waals surface area contributed by atoms with Crippen LogP contribution in [0.4, 0.5) is 0 Å². The van der Waals surface area contributed by atoms with Crippen molar-refractivity contribution >= 4 is 5.97 Å². The van der Waals surface area contributed by atoms with Gasteiger partial charge in [0.2, 0.25) is 0 Å². The van der Waals surface area contributed by atoms with Crippen LogP contribution in [-0.4, -0.2) is 309 Å². The third-order valence-electron chi connectivity index (χ3n) is 13.5. The first-order valence-electron chi connectivity index (χ1n) is 23.5. The largest absolute Gasteiger partial charge is 0.463 e. The Morgan fingerprint density at radius 1 is 0.528 bits per heavy atom. The van der Waals surface area contributed by atoms with E-state index >= 15 is 0 Å².